The first-order valence-electron chi connectivity index (χ1n) is 11.4. The van der Waals surface area contributed by atoms with Gasteiger partial charge in [-0.1, -0.05) is 6.07 Å². The van der Waals surface area contributed by atoms with E-state index in [0.29, 0.717) is 30.7 Å². The number of hydrogen-bond acceptors (Lipinski definition) is 5. The average molecular weight is 453 g/mol. The summed E-state index contributed by atoms with van der Waals surface area (Å²) >= 11 is 0. The lowest BCUT2D eigenvalue weighted by atomic mass is 9.91. The zero-order chi connectivity index (χ0) is 22.9. The highest BCUT2D eigenvalue weighted by Crippen LogP contribution is 2.39. The second-order valence-corrected chi connectivity index (χ2v) is 8.97. The molecule has 0 radical (unpaired) electrons. The lowest BCUT2D eigenvalue weighted by Gasteiger charge is -2.32. The molecule has 1 aromatic carbocycles. The van der Waals surface area contributed by atoms with Gasteiger partial charge in [0.2, 0.25) is 0 Å². The Bertz CT molecular complexity index is 1150. The fourth-order valence-corrected chi connectivity index (χ4v) is 4.32. The fourth-order valence-electron chi connectivity index (χ4n) is 4.32. The van der Waals surface area contributed by atoms with E-state index in [1.54, 1.807) is 4.90 Å². The van der Waals surface area contributed by atoms with Gasteiger partial charge < -0.3 is 10.2 Å². The molecule has 2 N–H and O–H groups in total. The molecule has 1 saturated carbocycles. The van der Waals surface area contributed by atoms with Crippen LogP contribution in [-0.2, 0) is 6.42 Å². The van der Waals surface area contributed by atoms with Crippen LogP contribution in [0.2, 0.25) is 0 Å². The maximum absolute atomic E-state index is 14.0. The molecule has 5 rings (SSSR count). The van der Waals surface area contributed by atoms with Gasteiger partial charge in [0, 0.05) is 42.5 Å². The maximum Gasteiger partial charge on any atom is 0.259 e. The number of H-pyrrole nitrogens is 1. The van der Waals surface area contributed by atoms with Gasteiger partial charge in [-0.2, -0.15) is 5.10 Å². The molecule has 9 heteroatoms. The van der Waals surface area contributed by atoms with E-state index in [0.717, 1.165) is 67.3 Å². The topological polar surface area (TPSA) is 86.8 Å². The molecule has 2 aliphatic rings. The van der Waals surface area contributed by atoms with E-state index >= 15 is 0 Å². The van der Waals surface area contributed by atoms with E-state index in [9.17, 15) is 13.6 Å². The minimum Gasteiger partial charge on any atom is -0.338 e. The number of halogens is 2. The SMILES string of the molecule is Cc1cc(Nc2cc(CC3CCN(C(=O)c4c(F)cccc4F)CC3)nc(C3CC3)n2)n[nH]1. The zero-order valence-electron chi connectivity index (χ0n) is 18.4. The van der Waals surface area contributed by atoms with Crippen LogP contribution in [0.5, 0.6) is 0 Å². The van der Waals surface area contributed by atoms with E-state index in [2.05, 4.69) is 20.5 Å². The first kappa shape index (κ1) is 21.5. The number of amides is 1. The number of likely N-dealkylation sites (tertiary alicyclic amines) is 1. The second-order valence-electron chi connectivity index (χ2n) is 8.97. The van der Waals surface area contributed by atoms with Gasteiger partial charge in [-0.25, -0.2) is 18.7 Å². The van der Waals surface area contributed by atoms with Crippen LogP contribution in [0.15, 0.2) is 30.3 Å². The van der Waals surface area contributed by atoms with Gasteiger partial charge >= 0.3 is 0 Å². The standard InChI is InChI=1S/C24H26F2N6O/c1-14-11-21(31-30-14)28-20-13-17(27-23(29-20)16-5-6-16)12-15-7-9-32(10-8-15)24(33)22-18(25)3-2-4-19(22)26/h2-4,11,13,15-16H,5-10,12H2,1H3,(H2,27,28,29,30,31). The minimum absolute atomic E-state index is 0.335. The van der Waals surface area contributed by atoms with Crippen LogP contribution in [0.25, 0.3) is 0 Å². The predicted molar refractivity (Wildman–Crippen MR) is 119 cm³/mol. The summed E-state index contributed by atoms with van der Waals surface area (Å²) in [6.45, 7) is 2.88. The first-order chi connectivity index (χ1) is 16.0. The molecule has 172 valence electrons. The van der Waals surface area contributed by atoms with Gasteiger partial charge in [0.15, 0.2) is 5.82 Å². The number of benzene rings is 1. The van der Waals surface area contributed by atoms with Crippen LogP contribution in [0.3, 0.4) is 0 Å². The Hall–Kier alpha value is -3.36. The van der Waals surface area contributed by atoms with Gasteiger partial charge in [-0.05, 0) is 57.1 Å². The third-order valence-corrected chi connectivity index (χ3v) is 6.28. The molecule has 0 atom stereocenters. The van der Waals surface area contributed by atoms with Crippen molar-refractivity contribution in [2.24, 2.45) is 5.92 Å². The van der Waals surface area contributed by atoms with Gasteiger partial charge in [0.25, 0.3) is 5.91 Å². The smallest absolute Gasteiger partial charge is 0.259 e. The lowest BCUT2D eigenvalue weighted by molar-refractivity contribution is 0.0680. The first-order valence-corrected chi connectivity index (χ1v) is 11.4. The number of carbonyl (C=O) groups excluding carboxylic acids is 1. The van der Waals surface area contributed by atoms with Crippen molar-refractivity contribution in [3.05, 3.63) is 64.7 Å². The molecular weight excluding hydrogens is 426 g/mol. The number of anilines is 2. The number of aromatic amines is 1. The number of nitrogens with one attached hydrogen (secondary N) is 2. The number of carbonyl (C=O) groups is 1. The summed E-state index contributed by atoms with van der Waals surface area (Å²) in [6.07, 6.45) is 4.50. The number of aromatic nitrogens is 4. The summed E-state index contributed by atoms with van der Waals surface area (Å²) < 4.78 is 28.0. The van der Waals surface area contributed by atoms with Crippen molar-refractivity contribution in [3.8, 4) is 0 Å². The van der Waals surface area contributed by atoms with E-state index in [1.165, 1.54) is 6.07 Å². The van der Waals surface area contributed by atoms with E-state index in [1.807, 2.05) is 19.1 Å². The number of nitrogens with zero attached hydrogens (tertiary/aromatic N) is 4. The zero-order valence-corrected chi connectivity index (χ0v) is 18.4. The summed E-state index contributed by atoms with van der Waals surface area (Å²) in [6, 6.07) is 7.38. The van der Waals surface area contributed by atoms with E-state index in [4.69, 9.17) is 4.98 Å². The minimum atomic E-state index is -0.817. The Morgan fingerprint density at radius 3 is 2.45 bits per heavy atom. The average Bonchev–Trinajstić information content (AvgIpc) is 3.56. The Morgan fingerprint density at radius 2 is 1.82 bits per heavy atom. The van der Waals surface area contributed by atoms with Crippen LogP contribution in [-0.4, -0.2) is 44.1 Å². The molecule has 1 aliphatic carbocycles. The quantitative estimate of drug-likeness (QED) is 0.575. The summed E-state index contributed by atoms with van der Waals surface area (Å²) in [4.78, 5) is 23.7. The summed E-state index contributed by atoms with van der Waals surface area (Å²) in [5.74, 6) is 0.851. The highest BCUT2D eigenvalue weighted by atomic mass is 19.1. The predicted octanol–water partition coefficient (Wildman–Crippen LogP) is 4.50. The second kappa shape index (κ2) is 8.88. The molecule has 3 heterocycles. The molecule has 3 aromatic rings. The van der Waals surface area contributed by atoms with Gasteiger partial charge in [-0.3, -0.25) is 9.89 Å². The molecule has 0 unspecified atom stereocenters. The van der Waals surface area contributed by atoms with Crippen molar-refractivity contribution in [2.75, 3.05) is 18.4 Å². The Balaban J connectivity index is 1.25. The molecule has 0 bridgehead atoms. The van der Waals surface area contributed by atoms with Gasteiger partial charge in [-0.15, -0.1) is 0 Å². The Morgan fingerprint density at radius 1 is 1.09 bits per heavy atom. The van der Waals surface area contributed by atoms with Crippen LogP contribution in [0, 0.1) is 24.5 Å². The van der Waals surface area contributed by atoms with Crippen molar-refractivity contribution < 1.29 is 13.6 Å². The van der Waals surface area contributed by atoms with Crippen molar-refractivity contribution >= 4 is 17.5 Å². The molecule has 2 aromatic heterocycles. The van der Waals surface area contributed by atoms with Crippen LogP contribution >= 0.6 is 0 Å². The molecule has 7 nitrogen and oxygen atoms in total. The molecule has 0 spiro atoms. The Kier molecular flexibility index (Phi) is 5.78. The molecule has 1 amide bonds. The number of rotatable bonds is 6. The van der Waals surface area contributed by atoms with E-state index in [-0.39, 0.29) is 0 Å². The molecule has 2 fully saturated rings. The van der Waals surface area contributed by atoms with Crippen molar-refractivity contribution in [2.45, 2.75) is 44.9 Å². The van der Waals surface area contributed by atoms with Crippen LogP contribution in [0.4, 0.5) is 20.4 Å². The van der Waals surface area contributed by atoms with Crippen molar-refractivity contribution in [1.29, 1.82) is 0 Å². The van der Waals surface area contributed by atoms with Gasteiger partial charge in [0.05, 0.1) is 0 Å². The summed E-state index contributed by atoms with van der Waals surface area (Å²) in [5.41, 5.74) is 1.46. The molecule has 33 heavy (non-hydrogen) atoms. The highest BCUT2D eigenvalue weighted by molar-refractivity contribution is 5.94. The van der Waals surface area contributed by atoms with Crippen LogP contribution in [0.1, 0.15) is 59.2 Å². The van der Waals surface area contributed by atoms with Crippen molar-refractivity contribution in [1.82, 2.24) is 25.1 Å². The Labute approximate surface area is 190 Å². The third-order valence-electron chi connectivity index (χ3n) is 6.28. The van der Waals surface area contributed by atoms with Gasteiger partial charge in [0.1, 0.15) is 28.8 Å². The number of hydrogen-bond donors (Lipinski definition) is 2. The third kappa shape index (κ3) is 4.86. The van der Waals surface area contributed by atoms with E-state index < -0.39 is 23.1 Å². The van der Waals surface area contributed by atoms with Crippen LogP contribution < -0.4 is 5.32 Å². The highest BCUT2D eigenvalue weighted by Gasteiger charge is 2.30. The molecular formula is C24H26F2N6O. The largest absolute Gasteiger partial charge is 0.338 e. The normalized spacial score (nSPS) is 16.8. The molecule has 1 aliphatic heterocycles. The number of aryl methyl sites for hydroxylation is 1. The van der Waals surface area contributed by atoms with Crippen molar-refractivity contribution in [3.63, 3.8) is 0 Å². The molecule has 1 saturated heterocycles. The maximum atomic E-state index is 14.0. The fraction of sp³-hybridized carbons (Fsp3) is 0.417. The summed E-state index contributed by atoms with van der Waals surface area (Å²) in [5, 5.41) is 10.4. The monoisotopic (exact) mass is 452 g/mol. The lowest BCUT2D eigenvalue weighted by Crippen LogP contribution is -2.39. The summed E-state index contributed by atoms with van der Waals surface area (Å²) in [7, 11) is 0. The number of piperidine rings is 1.